The summed E-state index contributed by atoms with van der Waals surface area (Å²) in [4.78, 5) is 35.4. The van der Waals surface area contributed by atoms with Gasteiger partial charge in [-0.05, 0) is 44.0 Å². The van der Waals surface area contributed by atoms with Crippen LogP contribution in [0.15, 0.2) is 59.6 Å². The second-order valence-electron chi connectivity index (χ2n) is 9.93. The van der Waals surface area contributed by atoms with Gasteiger partial charge in [-0.2, -0.15) is 0 Å². The number of anilines is 2. The van der Waals surface area contributed by atoms with Gasteiger partial charge in [0.2, 0.25) is 5.91 Å². The molecule has 8 nitrogen and oxygen atoms in total. The number of benzene rings is 3. The van der Waals surface area contributed by atoms with Gasteiger partial charge in [0, 0.05) is 11.1 Å². The Morgan fingerprint density at radius 1 is 1.03 bits per heavy atom. The number of amides is 3. The van der Waals surface area contributed by atoms with E-state index >= 15 is 0 Å². The van der Waals surface area contributed by atoms with Crippen LogP contribution in [-0.2, 0) is 4.79 Å². The lowest BCUT2D eigenvalue weighted by Crippen LogP contribution is -2.55. The lowest BCUT2D eigenvalue weighted by atomic mass is 9.92. The summed E-state index contributed by atoms with van der Waals surface area (Å²) in [6.07, 6.45) is -0.145. The highest BCUT2D eigenvalue weighted by molar-refractivity contribution is 6.30. The van der Waals surface area contributed by atoms with Gasteiger partial charge in [-0.15, -0.1) is 0 Å². The number of aryl methyl sites for hydroxylation is 1. The highest BCUT2D eigenvalue weighted by Crippen LogP contribution is 2.54. The highest BCUT2D eigenvalue weighted by atomic mass is 35.5. The Morgan fingerprint density at radius 3 is 2.37 bits per heavy atom. The van der Waals surface area contributed by atoms with Crippen LogP contribution >= 0.6 is 11.6 Å². The fourth-order valence-electron chi connectivity index (χ4n) is 5.38. The normalized spacial score (nSPS) is 19.7. The van der Waals surface area contributed by atoms with Crippen LogP contribution in [0, 0.1) is 6.92 Å². The molecule has 0 saturated heterocycles. The molecule has 1 N–H and O–H groups in total. The van der Waals surface area contributed by atoms with Crippen molar-refractivity contribution in [1.29, 1.82) is 0 Å². The van der Waals surface area contributed by atoms with Crippen molar-refractivity contribution in [2.75, 3.05) is 23.9 Å². The molecule has 0 radical (unpaired) electrons. The lowest BCUT2D eigenvalue weighted by Gasteiger charge is -2.42. The monoisotopic (exact) mass is 530 g/mol. The first-order valence-electron chi connectivity index (χ1n) is 12.5. The number of hydrogen-bond donors (Lipinski definition) is 1. The summed E-state index contributed by atoms with van der Waals surface area (Å²) in [5.41, 5.74) is 4.63. The largest absolute Gasteiger partial charge is 0.494 e. The van der Waals surface area contributed by atoms with Crippen LogP contribution < -0.4 is 19.7 Å². The van der Waals surface area contributed by atoms with Crippen LogP contribution in [0.4, 0.5) is 16.2 Å². The van der Waals surface area contributed by atoms with Crippen molar-refractivity contribution in [2.24, 2.45) is 4.99 Å². The third-order valence-electron chi connectivity index (χ3n) is 7.01. The summed E-state index contributed by atoms with van der Waals surface area (Å²) in [5.74, 6) is 1.15. The third kappa shape index (κ3) is 3.79. The minimum absolute atomic E-state index is 0.126. The topological polar surface area (TPSA) is 83.5 Å². The van der Waals surface area contributed by atoms with Crippen molar-refractivity contribution >= 4 is 40.7 Å². The molecule has 0 aromatic heterocycles. The Hall–Kier alpha value is -4.04. The van der Waals surface area contributed by atoms with E-state index < -0.39 is 6.04 Å². The molecule has 0 unspecified atom stereocenters. The minimum atomic E-state index is -0.451. The highest BCUT2D eigenvalue weighted by Gasteiger charge is 2.51. The molecule has 0 aliphatic carbocycles. The maximum absolute atomic E-state index is 14.2. The van der Waals surface area contributed by atoms with Gasteiger partial charge in [-0.3, -0.25) is 19.6 Å². The molecule has 3 aliphatic rings. The van der Waals surface area contributed by atoms with E-state index in [1.807, 2.05) is 69.3 Å². The molecule has 6 rings (SSSR count). The minimum Gasteiger partial charge on any atom is -0.494 e. The van der Waals surface area contributed by atoms with E-state index in [4.69, 9.17) is 26.1 Å². The predicted molar refractivity (Wildman–Crippen MR) is 147 cm³/mol. The summed E-state index contributed by atoms with van der Waals surface area (Å²) in [5, 5.41) is 3.50. The van der Waals surface area contributed by atoms with Crippen molar-refractivity contribution in [2.45, 2.75) is 39.0 Å². The van der Waals surface area contributed by atoms with Crippen LogP contribution in [-0.4, -0.2) is 42.4 Å². The van der Waals surface area contributed by atoms with Crippen molar-refractivity contribution in [3.05, 3.63) is 81.9 Å². The number of methoxy groups -OCH3 is 1. The number of carbonyl (C=O) groups excluding carboxylic acids is 2. The summed E-state index contributed by atoms with van der Waals surface area (Å²) in [6, 6.07) is 16.2. The van der Waals surface area contributed by atoms with E-state index in [0.717, 1.165) is 16.7 Å². The van der Waals surface area contributed by atoms with Crippen molar-refractivity contribution in [3.63, 3.8) is 0 Å². The first kappa shape index (κ1) is 24.3. The van der Waals surface area contributed by atoms with E-state index in [-0.39, 0.29) is 30.6 Å². The first-order chi connectivity index (χ1) is 18.3. The first-order valence-corrected chi connectivity index (χ1v) is 12.9. The maximum Gasteiger partial charge on any atom is 0.331 e. The van der Waals surface area contributed by atoms with Gasteiger partial charge < -0.3 is 14.8 Å². The predicted octanol–water partition coefficient (Wildman–Crippen LogP) is 5.88. The number of amidine groups is 1. The smallest absolute Gasteiger partial charge is 0.331 e. The van der Waals surface area contributed by atoms with E-state index in [2.05, 4.69) is 5.32 Å². The SMILES string of the molecule is COc1cc(OC(C)C)c2c3c1NC(=O)CN3C(=O)N1C2=N[C@@H](c2ccc(C)cc2)[C@H]1c1ccc(Cl)cc1. The van der Waals surface area contributed by atoms with Crippen LogP contribution in [0.5, 0.6) is 11.5 Å². The summed E-state index contributed by atoms with van der Waals surface area (Å²) in [7, 11) is 1.52. The summed E-state index contributed by atoms with van der Waals surface area (Å²) < 4.78 is 11.9. The van der Waals surface area contributed by atoms with Crippen LogP contribution in [0.2, 0.25) is 5.02 Å². The molecule has 9 heteroatoms. The molecule has 3 aromatic carbocycles. The van der Waals surface area contributed by atoms with Gasteiger partial charge in [0.1, 0.15) is 35.6 Å². The third-order valence-corrected chi connectivity index (χ3v) is 7.26. The molecule has 3 aromatic rings. The zero-order chi connectivity index (χ0) is 26.7. The Morgan fingerprint density at radius 2 is 1.71 bits per heavy atom. The number of ether oxygens (including phenoxy) is 2. The van der Waals surface area contributed by atoms with E-state index in [1.165, 1.54) is 12.0 Å². The summed E-state index contributed by atoms with van der Waals surface area (Å²) in [6.45, 7) is 5.78. The van der Waals surface area contributed by atoms with Crippen LogP contribution in [0.1, 0.15) is 48.2 Å². The van der Waals surface area contributed by atoms with Gasteiger partial charge >= 0.3 is 6.03 Å². The number of nitrogens with one attached hydrogen (secondary N) is 1. The molecule has 0 fully saturated rings. The van der Waals surface area contributed by atoms with Crippen LogP contribution in [0.25, 0.3) is 0 Å². The van der Waals surface area contributed by atoms with Gasteiger partial charge in [0.25, 0.3) is 0 Å². The Kier molecular flexibility index (Phi) is 5.79. The van der Waals surface area contributed by atoms with Crippen molar-refractivity contribution < 1.29 is 19.1 Å². The average molecular weight is 531 g/mol. The number of fused-ring (bicyclic) bond motifs is 2. The molecule has 3 heterocycles. The Balaban J connectivity index is 1.63. The fraction of sp³-hybridized carbons (Fsp3) is 0.276. The second-order valence-corrected chi connectivity index (χ2v) is 10.4. The molecular weight excluding hydrogens is 504 g/mol. The average Bonchev–Trinajstić information content (AvgIpc) is 3.28. The molecule has 3 aliphatic heterocycles. The molecule has 0 saturated carbocycles. The van der Waals surface area contributed by atoms with Gasteiger partial charge in [0.15, 0.2) is 0 Å². The number of carbonyl (C=O) groups is 2. The molecule has 38 heavy (non-hydrogen) atoms. The van der Waals surface area contributed by atoms with E-state index in [9.17, 15) is 9.59 Å². The van der Waals surface area contributed by atoms with Gasteiger partial charge in [-0.25, -0.2) is 4.79 Å². The second kappa shape index (κ2) is 9.06. The molecule has 3 amide bonds. The van der Waals surface area contributed by atoms with E-state index in [0.29, 0.717) is 39.3 Å². The van der Waals surface area contributed by atoms with Crippen molar-refractivity contribution in [3.8, 4) is 11.5 Å². The van der Waals surface area contributed by atoms with Gasteiger partial charge in [-0.1, -0.05) is 53.6 Å². The fourth-order valence-corrected chi connectivity index (χ4v) is 5.50. The van der Waals surface area contributed by atoms with Gasteiger partial charge in [0.05, 0.1) is 30.5 Å². The summed E-state index contributed by atoms with van der Waals surface area (Å²) >= 11 is 6.22. The number of hydrogen-bond acceptors (Lipinski definition) is 5. The standard InChI is InChI=1S/C29H27ClN4O4/c1-15(2)38-20-13-21(37-4)25-27-23(20)28-32-24(17-7-5-16(3)6-8-17)26(18-9-11-19(30)12-10-18)34(28)29(36)33(27)14-22(35)31-25/h5-13,15,24,26H,14H2,1-4H3,(H,31,35)/t24-,26+/m0/s1. The van der Waals surface area contributed by atoms with E-state index in [1.54, 1.807) is 11.0 Å². The van der Waals surface area contributed by atoms with Crippen LogP contribution in [0.3, 0.4) is 0 Å². The lowest BCUT2D eigenvalue weighted by molar-refractivity contribution is -0.115. The Bertz CT molecular complexity index is 1480. The Labute approximate surface area is 225 Å². The number of nitrogens with zero attached hydrogens (tertiary/aromatic N) is 3. The molecule has 194 valence electrons. The molecule has 0 bridgehead atoms. The molecular formula is C29H27ClN4O4. The number of urea groups is 1. The zero-order valence-electron chi connectivity index (χ0n) is 21.5. The van der Waals surface area contributed by atoms with Crippen molar-refractivity contribution in [1.82, 2.24) is 4.90 Å². The molecule has 0 spiro atoms. The molecule has 2 atom stereocenters. The quantitative estimate of drug-likeness (QED) is 0.446. The zero-order valence-corrected chi connectivity index (χ0v) is 22.2. The maximum atomic E-state index is 14.2. The number of halogens is 1. The number of aliphatic imine (C=N–C) groups is 1. The number of rotatable bonds is 5.